The molecule has 16 heavy (non-hydrogen) atoms. The van der Waals surface area contributed by atoms with Crippen LogP contribution in [0.1, 0.15) is 10.4 Å². The van der Waals surface area contributed by atoms with E-state index < -0.39 is 5.97 Å². The molecular formula is C11H8BrNO3. The number of benzene rings is 1. The van der Waals surface area contributed by atoms with Gasteiger partial charge < -0.3 is 9.84 Å². The van der Waals surface area contributed by atoms with Gasteiger partial charge in [0, 0.05) is 11.6 Å². The molecule has 2 aromatic rings. The maximum atomic E-state index is 11.0. The van der Waals surface area contributed by atoms with Crippen molar-refractivity contribution >= 4 is 32.8 Å². The second-order valence-corrected chi connectivity index (χ2v) is 3.53. The molecule has 0 atom stereocenters. The van der Waals surface area contributed by atoms with Crippen molar-refractivity contribution in [3.8, 4) is 5.75 Å². The number of carbonyl (C=O) groups is 1. The molecule has 0 aliphatic carbocycles. The first kappa shape index (κ1) is 10.9. The van der Waals surface area contributed by atoms with Gasteiger partial charge in [0.25, 0.3) is 0 Å². The smallest absolute Gasteiger partial charge is 0.341 e. The van der Waals surface area contributed by atoms with E-state index in [0.29, 0.717) is 16.7 Å². The average Bonchev–Trinajstić information content (AvgIpc) is 2.29. The van der Waals surface area contributed by atoms with Crippen molar-refractivity contribution in [3.63, 3.8) is 0 Å². The Kier molecular flexibility index (Phi) is 3.05. The third kappa shape index (κ3) is 1.86. The van der Waals surface area contributed by atoms with Crippen LogP contribution in [0.2, 0.25) is 0 Å². The Hall–Kier alpha value is -1.62. The van der Waals surface area contributed by atoms with Crippen molar-refractivity contribution in [2.24, 2.45) is 0 Å². The molecule has 0 aliphatic rings. The molecule has 5 heteroatoms. The van der Waals surface area contributed by atoms with Gasteiger partial charge in [-0.25, -0.2) is 4.79 Å². The number of halogens is 1. The minimum absolute atomic E-state index is 0.0677. The number of pyridine rings is 1. The van der Waals surface area contributed by atoms with Crippen LogP contribution in [0.4, 0.5) is 0 Å². The molecule has 1 aromatic heterocycles. The Balaban J connectivity index is 2.73. The van der Waals surface area contributed by atoms with Gasteiger partial charge in [-0.05, 0) is 28.1 Å². The zero-order valence-corrected chi connectivity index (χ0v) is 9.77. The number of ether oxygens (including phenoxy) is 1. The van der Waals surface area contributed by atoms with E-state index in [0.717, 1.165) is 0 Å². The van der Waals surface area contributed by atoms with E-state index >= 15 is 0 Å². The normalized spacial score (nSPS) is 10.3. The first-order chi connectivity index (χ1) is 7.74. The van der Waals surface area contributed by atoms with Crippen LogP contribution in [0.25, 0.3) is 10.9 Å². The SMILES string of the molecule is O=C(O)c1cnc2ccccc2c1OCBr. The van der Waals surface area contributed by atoms with Gasteiger partial charge in [0.1, 0.15) is 16.8 Å². The lowest BCUT2D eigenvalue weighted by Gasteiger charge is -2.09. The van der Waals surface area contributed by atoms with Crippen LogP contribution in [0.3, 0.4) is 0 Å². The Morgan fingerprint density at radius 1 is 1.44 bits per heavy atom. The molecule has 0 aliphatic heterocycles. The maximum Gasteiger partial charge on any atom is 0.341 e. The van der Waals surface area contributed by atoms with Crippen LogP contribution in [-0.4, -0.2) is 21.6 Å². The van der Waals surface area contributed by atoms with Crippen molar-refractivity contribution in [2.45, 2.75) is 0 Å². The molecule has 2 rings (SSSR count). The van der Waals surface area contributed by atoms with Gasteiger partial charge >= 0.3 is 5.97 Å². The van der Waals surface area contributed by atoms with Gasteiger partial charge in [0.05, 0.1) is 5.52 Å². The van der Waals surface area contributed by atoms with E-state index in [9.17, 15) is 4.79 Å². The summed E-state index contributed by atoms with van der Waals surface area (Å²) >= 11 is 3.12. The predicted octanol–water partition coefficient (Wildman–Crippen LogP) is 2.66. The zero-order valence-electron chi connectivity index (χ0n) is 8.18. The molecule has 0 fully saturated rings. The van der Waals surface area contributed by atoms with Crippen LogP contribution in [0, 0.1) is 0 Å². The molecule has 0 radical (unpaired) electrons. The summed E-state index contributed by atoms with van der Waals surface area (Å²) in [5, 5.41) is 9.71. The minimum atomic E-state index is -1.05. The molecule has 1 aromatic carbocycles. The molecule has 1 heterocycles. The van der Waals surface area contributed by atoms with Gasteiger partial charge in [0.2, 0.25) is 0 Å². The predicted molar refractivity (Wildman–Crippen MR) is 63.1 cm³/mol. The highest BCUT2D eigenvalue weighted by atomic mass is 79.9. The number of carboxylic acid groups (broad SMARTS) is 1. The minimum Gasteiger partial charge on any atom is -0.481 e. The van der Waals surface area contributed by atoms with E-state index in [2.05, 4.69) is 20.9 Å². The number of hydrogen-bond acceptors (Lipinski definition) is 3. The number of aromatic carboxylic acids is 1. The van der Waals surface area contributed by atoms with Crippen molar-refractivity contribution in [1.82, 2.24) is 4.98 Å². The fourth-order valence-electron chi connectivity index (χ4n) is 1.48. The molecule has 4 nitrogen and oxygen atoms in total. The second kappa shape index (κ2) is 4.49. The summed E-state index contributed by atoms with van der Waals surface area (Å²) in [4.78, 5) is 15.1. The highest BCUT2D eigenvalue weighted by molar-refractivity contribution is 9.09. The van der Waals surface area contributed by atoms with Crippen LogP contribution in [0.5, 0.6) is 5.75 Å². The van der Waals surface area contributed by atoms with E-state index in [-0.39, 0.29) is 11.1 Å². The molecule has 0 bridgehead atoms. The molecule has 0 saturated heterocycles. The third-order valence-electron chi connectivity index (χ3n) is 2.16. The Morgan fingerprint density at radius 2 is 2.19 bits per heavy atom. The lowest BCUT2D eigenvalue weighted by Crippen LogP contribution is -2.03. The number of hydrogen-bond donors (Lipinski definition) is 1. The van der Waals surface area contributed by atoms with E-state index in [4.69, 9.17) is 9.84 Å². The fourth-order valence-corrected chi connectivity index (χ4v) is 1.71. The Labute approximate surface area is 100.0 Å². The maximum absolute atomic E-state index is 11.0. The van der Waals surface area contributed by atoms with Gasteiger partial charge in [-0.2, -0.15) is 0 Å². The Morgan fingerprint density at radius 3 is 2.88 bits per heavy atom. The average molecular weight is 282 g/mol. The van der Waals surface area contributed by atoms with Crippen molar-refractivity contribution < 1.29 is 14.6 Å². The number of nitrogens with zero attached hydrogens (tertiary/aromatic N) is 1. The summed E-state index contributed by atoms with van der Waals surface area (Å²) in [5.74, 6) is -0.704. The summed E-state index contributed by atoms with van der Waals surface area (Å²) in [6.45, 7) is 0. The molecule has 0 unspecified atom stereocenters. The molecule has 82 valence electrons. The molecule has 1 N–H and O–H groups in total. The van der Waals surface area contributed by atoms with Crippen molar-refractivity contribution in [1.29, 1.82) is 0 Å². The van der Waals surface area contributed by atoms with Gasteiger partial charge in [-0.15, -0.1) is 0 Å². The summed E-state index contributed by atoms with van der Waals surface area (Å²) in [7, 11) is 0. The summed E-state index contributed by atoms with van der Waals surface area (Å²) in [6.07, 6.45) is 1.31. The number of para-hydroxylation sites is 1. The largest absolute Gasteiger partial charge is 0.481 e. The fraction of sp³-hybridized carbons (Fsp3) is 0.0909. The van der Waals surface area contributed by atoms with Crippen molar-refractivity contribution in [2.75, 3.05) is 5.52 Å². The number of aromatic nitrogens is 1. The topological polar surface area (TPSA) is 59.4 Å². The van der Waals surface area contributed by atoms with Crippen molar-refractivity contribution in [3.05, 3.63) is 36.0 Å². The molecule has 0 spiro atoms. The first-order valence-corrected chi connectivity index (χ1v) is 5.66. The lowest BCUT2D eigenvalue weighted by molar-refractivity contribution is 0.0693. The number of carboxylic acids is 1. The second-order valence-electron chi connectivity index (χ2n) is 3.08. The van der Waals surface area contributed by atoms with Crippen LogP contribution >= 0.6 is 15.9 Å². The highest BCUT2D eigenvalue weighted by Gasteiger charge is 2.15. The highest BCUT2D eigenvalue weighted by Crippen LogP contribution is 2.28. The molecule has 0 saturated carbocycles. The Bertz CT molecular complexity index is 542. The number of rotatable bonds is 3. The summed E-state index contributed by atoms with van der Waals surface area (Å²) < 4.78 is 5.31. The summed E-state index contributed by atoms with van der Waals surface area (Å²) in [6, 6.07) is 7.25. The first-order valence-electron chi connectivity index (χ1n) is 4.54. The van der Waals surface area contributed by atoms with E-state index in [1.54, 1.807) is 6.07 Å². The van der Waals surface area contributed by atoms with Gasteiger partial charge in [-0.1, -0.05) is 12.1 Å². The van der Waals surface area contributed by atoms with E-state index in [1.807, 2.05) is 18.2 Å². The third-order valence-corrected chi connectivity index (χ3v) is 2.38. The van der Waals surface area contributed by atoms with Crippen LogP contribution in [0.15, 0.2) is 30.5 Å². The quantitative estimate of drug-likeness (QED) is 0.879. The monoisotopic (exact) mass is 281 g/mol. The number of alkyl halides is 1. The van der Waals surface area contributed by atoms with Gasteiger partial charge in [-0.3, -0.25) is 4.98 Å². The molecular weight excluding hydrogens is 274 g/mol. The van der Waals surface area contributed by atoms with E-state index in [1.165, 1.54) is 6.20 Å². The molecule has 0 amide bonds. The number of fused-ring (bicyclic) bond motifs is 1. The van der Waals surface area contributed by atoms with Crippen LogP contribution < -0.4 is 4.74 Å². The lowest BCUT2D eigenvalue weighted by atomic mass is 10.1. The zero-order chi connectivity index (χ0) is 11.5. The van der Waals surface area contributed by atoms with Crippen LogP contribution in [-0.2, 0) is 0 Å². The van der Waals surface area contributed by atoms with Gasteiger partial charge in [0.15, 0.2) is 0 Å². The summed E-state index contributed by atoms with van der Waals surface area (Å²) in [5.41, 5.74) is 1.02. The standard InChI is InChI=1S/C11H8BrNO3/c12-6-16-10-7-3-1-2-4-9(7)13-5-8(10)11(14)15/h1-5H,6H2,(H,14,15).